The number of aromatic nitrogens is 1. The second-order valence-corrected chi connectivity index (χ2v) is 10.4. The fourth-order valence-electron chi connectivity index (χ4n) is 4.01. The highest BCUT2D eigenvalue weighted by atomic mass is 79.9. The fraction of sp³-hybridized carbons (Fsp3) is 0.0385. The van der Waals surface area contributed by atoms with Crippen LogP contribution in [0.4, 0.5) is 5.69 Å². The zero-order valence-corrected chi connectivity index (χ0v) is 20.0. The molecule has 0 saturated carbocycles. The van der Waals surface area contributed by atoms with Gasteiger partial charge in [0, 0.05) is 27.2 Å². The smallest absolute Gasteiger partial charge is 0.261 e. The van der Waals surface area contributed by atoms with E-state index in [0.29, 0.717) is 16.9 Å². The van der Waals surface area contributed by atoms with Crippen molar-refractivity contribution in [2.75, 3.05) is 4.72 Å². The number of rotatable bonds is 4. The van der Waals surface area contributed by atoms with Gasteiger partial charge in [-0.25, -0.2) is 8.42 Å². The standard InChI is InChI=1S/C26H18BrN3O2S/c1-17-6-9-21(10-7-17)33(31,32)29-25-11-8-19(27)14-23(25)24-15-20(16-28)30-13-12-18-4-2-3-5-22(18)26(24)30/h2-15,29H,1H3. The molecule has 33 heavy (non-hydrogen) atoms. The predicted octanol–water partition coefficient (Wildman–Crippen LogP) is 6.50. The number of nitriles is 1. The summed E-state index contributed by atoms with van der Waals surface area (Å²) in [5.74, 6) is 0. The van der Waals surface area contributed by atoms with Crippen LogP contribution in [0.1, 0.15) is 11.3 Å². The Balaban J connectivity index is 1.75. The number of aryl methyl sites for hydroxylation is 1. The largest absolute Gasteiger partial charge is 0.307 e. The summed E-state index contributed by atoms with van der Waals surface area (Å²) in [6.07, 6.45) is 1.87. The minimum Gasteiger partial charge on any atom is -0.307 e. The third-order valence-corrected chi connectivity index (χ3v) is 7.49. The van der Waals surface area contributed by atoms with Crippen molar-refractivity contribution in [1.82, 2.24) is 4.40 Å². The Morgan fingerprint density at radius 2 is 1.70 bits per heavy atom. The van der Waals surface area contributed by atoms with Crippen LogP contribution >= 0.6 is 15.9 Å². The molecular formula is C26H18BrN3O2S. The van der Waals surface area contributed by atoms with Crippen LogP contribution in [0.5, 0.6) is 0 Å². The molecule has 0 aliphatic rings. The van der Waals surface area contributed by atoms with Gasteiger partial charge in [-0.2, -0.15) is 5.26 Å². The van der Waals surface area contributed by atoms with E-state index in [4.69, 9.17) is 0 Å². The van der Waals surface area contributed by atoms with Crippen molar-refractivity contribution in [2.45, 2.75) is 11.8 Å². The molecule has 0 unspecified atom stereocenters. The van der Waals surface area contributed by atoms with Crippen LogP contribution in [0.25, 0.3) is 27.4 Å². The highest BCUT2D eigenvalue weighted by molar-refractivity contribution is 9.10. The number of nitrogens with zero attached hydrogens (tertiary/aromatic N) is 2. The molecule has 2 aromatic heterocycles. The lowest BCUT2D eigenvalue weighted by Crippen LogP contribution is -2.13. The number of fused-ring (bicyclic) bond motifs is 3. The van der Waals surface area contributed by atoms with Gasteiger partial charge in [-0.1, -0.05) is 57.9 Å². The maximum absolute atomic E-state index is 13.1. The molecule has 0 aliphatic carbocycles. The van der Waals surface area contributed by atoms with E-state index >= 15 is 0 Å². The van der Waals surface area contributed by atoms with E-state index in [1.807, 2.05) is 53.9 Å². The van der Waals surface area contributed by atoms with Crippen molar-refractivity contribution < 1.29 is 8.42 Å². The fourth-order valence-corrected chi connectivity index (χ4v) is 5.45. The zero-order valence-electron chi connectivity index (χ0n) is 17.6. The van der Waals surface area contributed by atoms with Gasteiger partial charge >= 0.3 is 0 Å². The number of anilines is 1. The second kappa shape index (κ2) is 8.07. The van der Waals surface area contributed by atoms with Crippen molar-refractivity contribution in [1.29, 1.82) is 5.26 Å². The SMILES string of the molecule is Cc1ccc(S(=O)(=O)Nc2ccc(Br)cc2-c2cc(C#N)n3ccc4ccccc4c23)cc1. The number of hydrogen-bond donors (Lipinski definition) is 1. The van der Waals surface area contributed by atoms with Gasteiger partial charge in [-0.05, 0) is 54.8 Å². The highest BCUT2D eigenvalue weighted by Gasteiger charge is 2.20. The minimum absolute atomic E-state index is 0.187. The summed E-state index contributed by atoms with van der Waals surface area (Å²) < 4.78 is 31.7. The summed E-state index contributed by atoms with van der Waals surface area (Å²) in [5, 5.41) is 11.8. The molecule has 0 aliphatic heterocycles. The van der Waals surface area contributed by atoms with Gasteiger partial charge in [0.2, 0.25) is 0 Å². The number of benzene rings is 3. The Morgan fingerprint density at radius 3 is 2.45 bits per heavy atom. The summed E-state index contributed by atoms with van der Waals surface area (Å²) in [4.78, 5) is 0.187. The first-order chi connectivity index (χ1) is 15.9. The van der Waals surface area contributed by atoms with Crippen LogP contribution in [0.15, 0.2) is 94.4 Å². The Bertz CT molecular complexity index is 1680. The maximum atomic E-state index is 13.1. The van der Waals surface area contributed by atoms with Crippen molar-refractivity contribution in [3.05, 3.63) is 101 Å². The van der Waals surface area contributed by atoms with E-state index in [2.05, 4.69) is 26.7 Å². The molecule has 1 N–H and O–H groups in total. The Labute approximate surface area is 200 Å². The zero-order chi connectivity index (χ0) is 23.2. The lowest BCUT2D eigenvalue weighted by Gasteiger charge is -2.14. The van der Waals surface area contributed by atoms with E-state index in [1.54, 1.807) is 42.5 Å². The average Bonchev–Trinajstić information content (AvgIpc) is 3.19. The number of sulfonamides is 1. The Hall–Kier alpha value is -3.60. The van der Waals surface area contributed by atoms with Gasteiger partial charge in [0.05, 0.1) is 16.1 Å². The third-order valence-electron chi connectivity index (χ3n) is 5.62. The number of nitrogens with one attached hydrogen (secondary N) is 1. The average molecular weight is 516 g/mol. The molecule has 0 bridgehead atoms. The first-order valence-corrected chi connectivity index (χ1v) is 12.5. The highest BCUT2D eigenvalue weighted by Crippen LogP contribution is 2.39. The summed E-state index contributed by atoms with van der Waals surface area (Å²) in [7, 11) is -3.81. The quantitative estimate of drug-likeness (QED) is 0.296. The summed E-state index contributed by atoms with van der Waals surface area (Å²) >= 11 is 3.51. The van der Waals surface area contributed by atoms with Gasteiger partial charge in [0.25, 0.3) is 10.0 Å². The normalized spacial score (nSPS) is 11.5. The van der Waals surface area contributed by atoms with E-state index in [9.17, 15) is 13.7 Å². The van der Waals surface area contributed by atoms with Crippen molar-refractivity contribution in [2.24, 2.45) is 0 Å². The van der Waals surface area contributed by atoms with Crippen molar-refractivity contribution in [3.63, 3.8) is 0 Å². The van der Waals surface area contributed by atoms with Crippen molar-refractivity contribution in [3.8, 4) is 17.2 Å². The second-order valence-electron chi connectivity index (χ2n) is 7.79. The van der Waals surface area contributed by atoms with Gasteiger partial charge in [-0.3, -0.25) is 4.72 Å². The predicted molar refractivity (Wildman–Crippen MR) is 135 cm³/mol. The Kier molecular flexibility index (Phi) is 5.20. The lowest BCUT2D eigenvalue weighted by atomic mass is 10.0. The van der Waals surface area contributed by atoms with E-state index in [0.717, 1.165) is 31.9 Å². The maximum Gasteiger partial charge on any atom is 0.261 e. The van der Waals surface area contributed by atoms with Gasteiger partial charge in [0.15, 0.2) is 0 Å². The molecule has 0 saturated heterocycles. The monoisotopic (exact) mass is 515 g/mol. The Morgan fingerprint density at radius 1 is 0.939 bits per heavy atom. The molecule has 0 spiro atoms. The lowest BCUT2D eigenvalue weighted by molar-refractivity contribution is 0.601. The molecule has 5 aromatic rings. The molecule has 0 atom stereocenters. The van der Waals surface area contributed by atoms with Crippen LogP contribution < -0.4 is 4.72 Å². The number of pyridine rings is 1. The first-order valence-electron chi connectivity index (χ1n) is 10.2. The number of hydrogen-bond acceptors (Lipinski definition) is 3. The van der Waals surface area contributed by atoms with Crippen molar-refractivity contribution >= 4 is 47.9 Å². The third kappa shape index (κ3) is 3.78. The van der Waals surface area contributed by atoms with E-state index < -0.39 is 10.0 Å². The molecule has 5 rings (SSSR count). The number of halogens is 1. The minimum atomic E-state index is -3.81. The molecule has 2 heterocycles. The van der Waals surface area contributed by atoms with Crippen LogP contribution in [-0.2, 0) is 10.0 Å². The van der Waals surface area contributed by atoms with Gasteiger partial charge < -0.3 is 4.40 Å². The molecule has 0 amide bonds. The molecule has 7 heteroatoms. The molecule has 3 aromatic carbocycles. The van der Waals surface area contributed by atoms with Crippen LogP contribution in [0.2, 0.25) is 0 Å². The summed E-state index contributed by atoms with van der Waals surface area (Å²) in [5.41, 5.74) is 4.18. The van der Waals surface area contributed by atoms with Gasteiger partial charge in [-0.15, -0.1) is 0 Å². The van der Waals surface area contributed by atoms with Crippen LogP contribution in [0.3, 0.4) is 0 Å². The summed E-state index contributed by atoms with van der Waals surface area (Å²) in [6.45, 7) is 1.91. The van der Waals surface area contributed by atoms with Crippen LogP contribution in [-0.4, -0.2) is 12.8 Å². The van der Waals surface area contributed by atoms with Crippen LogP contribution in [0, 0.1) is 18.3 Å². The molecular weight excluding hydrogens is 498 g/mol. The molecule has 162 valence electrons. The van der Waals surface area contributed by atoms with E-state index in [1.165, 1.54) is 0 Å². The topological polar surface area (TPSA) is 74.4 Å². The van der Waals surface area contributed by atoms with E-state index in [-0.39, 0.29) is 4.90 Å². The first kappa shape index (κ1) is 21.3. The molecule has 0 radical (unpaired) electrons. The van der Waals surface area contributed by atoms with Gasteiger partial charge in [0.1, 0.15) is 11.8 Å². The molecule has 5 nitrogen and oxygen atoms in total. The summed E-state index contributed by atoms with van der Waals surface area (Å²) in [6, 6.07) is 26.0. The molecule has 0 fully saturated rings.